The SMILES string of the molecule is CC(CCC(=O)O)(c1ccc(OS(=O)(=O)c2cccc3c([O-])c([N+]#N)ccc23)cc1)c1ccc(OS(=O)(=O)c2cccc3c([O-])c([N+]#N)ccc23)cc1. The Bertz CT molecular complexity index is 2560. The molecular weight excluding hydrogens is 725 g/mol. The van der Waals surface area contributed by atoms with Gasteiger partial charge in [0.05, 0.1) is 0 Å². The molecule has 0 radical (unpaired) electrons. The van der Waals surface area contributed by atoms with Crippen molar-refractivity contribution in [2.75, 3.05) is 0 Å². The van der Waals surface area contributed by atoms with Gasteiger partial charge >= 0.3 is 37.6 Å². The van der Waals surface area contributed by atoms with E-state index in [2.05, 4.69) is 9.95 Å². The number of fused-ring (bicyclic) bond motifs is 2. The minimum absolute atomic E-state index is 0.0175. The summed E-state index contributed by atoms with van der Waals surface area (Å²) >= 11 is 0. The highest BCUT2D eigenvalue weighted by molar-refractivity contribution is 7.87. The van der Waals surface area contributed by atoms with Gasteiger partial charge in [0.25, 0.3) is 0 Å². The summed E-state index contributed by atoms with van der Waals surface area (Å²) in [7, 11) is -8.92. The first kappa shape index (κ1) is 36.1. The van der Waals surface area contributed by atoms with E-state index in [4.69, 9.17) is 19.2 Å². The second kappa shape index (κ2) is 13.8. The Morgan fingerprint density at radius 2 is 1.04 bits per heavy atom. The Morgan fingerprint density at radius 1 is 0.642 bits per heavy atom. The molecule has 16 heteroatoms. The highest BCUT2D eigenvalue weighted by atomic mass is 32.2. The molecule has 0 heterocycles. The first-order valence-electron chi connectivity index (χ1n) is 15.7. The number of carbonyl (C=O) groups is 1. The molecule has 1 N–H and O–H groups in total. The van der Waals surface area contributed by atoms with E-state index in [9.17, 15) is 36.9 Å². The van der Waals surface area contributed by atoms with Crippen molar-refractivity contribution >= 4 is 59.1 Å². The minimum Gasteiger partial charge on any atom is -0.867 e. The number of hydrogen-bond acceptors (Lipinski definition) is 11. The van der Waals surface area contributed by atoms with Crippen LogP contribution in [0.4, 0.5) is 11.4 Å². The molecule has 0 fully saturated rings. The van der Waals surface area contributed by atoms with Crippen molar-refractivity contribution in [2.45, 2.75) is 35.0 Å². The molecule has 0 aliphatic rings. The van der Waals surface area contributed by atoms with Crippen molar-refractivity contribution < 1.29 is 45.3 Å². The maximum Gasteiger partial charge on any atom is 0.378 e. The minimum atomic E-state index is -4.46. The molecule has 6 aromatic carbocycles. The van der Waals surface area contributed by atoms with Gasteiger partial charge in [0.2, 0.25) is 10.8 Å². The number of carboxylic acids is 1. The quantitative estimate of drug-likeness (QED) is 0.106. The fraction of sp³-hybridized carbons (Fsp3) is 0.108. The fourth-order valence-corrected chi connectivity index (χ4v) is 8.38. The molecule has 0 aliphatic carbocycles. The van der Waals surface area contributed by atoms with E-state index in [1.807, 2.05) is 0 Å². The van der Waals surface area contributed by atoms with Crippen LogP contribution >= 0.6 is 0 Å². The summed E-state index contributed by atoms with van der Waals surface area (Å²) in [5.74, 6) is -2.51. The van der Waals surface area contributed by atoms with Gasteiger partial charge in [-0.15, -0.1) is 0 Å². The summed E-state index contributed by atoms with van der Waals surface area (Å²) < 4.78 is 64.2. The predicted octanol–water partition coefficient (Wildman–Crippen LogP) is 6.82. The number of benzene rings is 6. The fourth-order valence-electron chi connectivity index (χ4n) is 6.09. The Hall–Kier alpha value is -6.75. The summed E-state index contributed by atoms with van der Waals surface area (Å²) in [4.78, 5) is 16.9. The first-order chi connectivity index (χ1) is 25.2. The van der Waals surface area contributed by atoms with Crippen LogP contribution in [0.15, 0.2) is 119 Å². The van der Waals surface area contributed by atoms with E-state index in [-0.39, 0.29) is 67.1 Å². The van der Waals surface area contributed by atoms with Crippen LogP contribution in [0.3, 0.4) is 0 Å². The van der Waals surface area contributed by atoms with Crippen molar-refractivity contribution in [3.63, 3.8) is 0 Å². The van der Waals surface area contributed by atoms with Crippen molar-refractivity contribution in [2.24, 2.45) is 0 Å². The second-order valence-corrected chi connectivity index (χ2v) is 15.1. The number of carboxylic acid groups (broad SMARTS) is 1. The van der Waals surface area contributed by atoms with Crippen molar-refractivity contribution in [3.05, 3.63) is 130 Å². The molecule has 0 aromatic heterocycles. The average Bonchev–Trinajstić information content (AvgIpc) is 3.14. The predicted molar refractivity (Wildman–Crippen MR) is 188 cm³/mol. The highest BCUT2D eigenvalue weighted by Crippen LogP contribution is 2.40. The van der Waals surface area contributed by atoms with E-state index in [0.717, 1.165) is 0 Å². The largest absolute Gasteiger partial charge is 0.867 e. The standard InChI is InChI=1S/C37H26N4O10S2/c1-37(21-20-34(42)43,22-8-12-24(13-9-22)50-52(46,47)32-6-2-4-28-26(32)16-18-30(40-38)35(28)44)23-10-14-25(15-11-23)51-53(48,49)33-7-3-5-29-27(33)17-19-31(41-39)36(29)45/h2-19H,20-21H2,1H3,(H-2,42,43,44,45). The smallest absolute Gasteiger partial charge is 0.378 e. The van der Waals surface area contributed by atoms with Gasteiger partial charge in [0.1, 0.15) is 21.3 Å². The van der Waals surface area contributed by atoms with Gasteiger partial charge in [-0.2, -0.15) is 16.8 Å². The van der Waals surface area contributed by atoms with E-state index >= 15 is 0 Å². The molecular formula is C37H26N4O10S2. The van der Waals surface area contributed by atoms with Crippen molar-refractivity contribution in [1.29, 1.82) is 10.8 Å². The Labute approximate surface area is 302 Å². The van der Waals surface area contributed by atoms with Crippen LogP contribution in [-0.4, -0.2) is 27.9 Å². The lowest BCUT2D eigenvalue weighted by Crippen LogP contribution is -2.25. The van der Waals surface area contributed by atoms with Crippen LogP contribution in [0.5, 0.6) is 23.0 Å². The molecule has 0 bridgehead atoms. The molecule has 14 nitrogen and oxygen atoms in total. The maximum absolute atomic E-state index is 13.3. The molecule has 6 aromatic rings. The van der Waals surface area contributed by atoms with Crippen LogP contribution < -0.4 is 18.6 Å². The monoisotopic (exact) mass is 750 g/mol. The summed E-state index contributed by atoms with van der Waals surface area (Å²) in [6.07, 6.45) is -0.136. The second-order valence-electron chi connectivity index (χ2n) is 12.1. The molecule has 6 rings (SSSR count). The molecule has 0 unspecified atom stereocenters. The molecule has 0 saturated carbocycles. The van der Waals surface area contributed by atoms with Gasteiger partial charge in [-0.3, -0.25) is 4.79 Å². The third-order valence-corrected chi connectivity index (χ3v) is 11.5. The molecule has 0 amide bonds. The van der Waals surface area contributed by atoms with Crippen LogP contribution in [0.1, 0.15) is 30.9 Å². The molecule has 0 spiro atoms. The van der Waals surface area contributed by atoms with Crippen molar-refractivity contribution in [3.8, 4) is 23.0 Å². The average molecular weight is 751 g/mol. The van der Waals surface area contributed by atoms with E-state index in [1.54, 1.807) is 31.2 Å². The number of aliphatic carboxylic acids is 1. The summed E-state index contributed by atoms with van der Waals surface area (Å²) in [5.41, 5.74) is -0.302. The molecule has 53 heavy (non-hydrogen) atoms. The van der Waals surface area contributed by atoms with Gasteiger partial charge < -0.3 is 23.7 Å². The summed E-state index contributed by atoms with van der Waals surface area (Å²) in [6.45, 7) is 1.78. The van der Waals surface area contributed by atoms with Crippen LogP contribution in [-0.2, 0) is 30.4 Å². The summed E-state index contributed by atoms with van der Waals surface area (Å²) in [5, 5.41) is 53.0. The van der Waals surface area contributed by atoms with E-state index < -0.39 is 43.1 Å². The number of hydrogen-bond donors (Lipinski definition) is 1. The topological polar surface area (TPSA) is 226 Å². The number of nitrogens with zero attached hydrogens (tertiary/aromatic N) is 4. The van der Waals surface area contributed by atoms with Crippen LogP contribution in [0.25, 0.3) is 31.5 Å². The van der Waals surface area contributed by atoms with Crippen LogP contribution in [0.2, 0.25) is 0 Å². The van der Waals surface area contributed by atoms with Gasteiger partial charge in [-0.05, 0) is 88.4 Å². The summed E-state index contributed by atoms with van der Waals surface area (Å²) in [6, 6.07) is 25.0. The normalized spacial score (nSPS) is 11.8. The zero-order chi connectivity index (χ0) is 38.1. The zero-order valence-electron chi connectivity index (χ0n) is 27.5. The lowest BCUT2D eigenvalue weighted by atomic mass is 9.73. The highest BCUT2D eigenvalue weighted by Gasteiger charge is 2.31. The van der Waals surface area contributed by atoms with Crippen LogP contribution in [0, 0.1) is 10.8 Å². The number of rotatable bonds is 11. The van der Waals surface area contributed by atoms with Gasteiger partial charge in [-0.25, -0.2) is 0 Å². The van der Waals surface area contributed by atoms with Gasteiger partial charge in [0, 0.05) is 34.7 Å². The van der Waals surface area contributed by atoms with E-state index in [0.29, 0.717) is 11.1 Å². The lowest BCUT2D eigenvalue weighted by Gasteiger charge is -2.31. The van der Waals surface area contributed by atoms with Crippen molar-refractivity contribution in [1.82, 2.24) is 0 Å². The van der Waals surface area contributed by atoms with Gasteiger partial charge in [0.15, 0.2) is 9.95 Å². The van der Waals surface area contributed by atoms with Gasteiger partial charge in [-0.1, -0.05) is 55.5 Å². The number of diazo groups is 2. The molecule has 0 aliphatic heterocycles. The Kier molecular flexibility index (Phi) is 9.36. The Morgan fingerprint density at radius 3 is 1.40 bits per heavy atom. The third-order valence-electron chi connectivity index (χ3n) is 8.89. The lowest BCUT2D eigenvalue weighted by molar-refractivity contribution is -0.265. The first-order valence-corrected chi connectivity index (χ1v) is 18.5. The Balaban J connectivity index is 1.27. The molecule has 0 atom stereocenters. The zero-order valence-corrected chi connectivity index (χ0v) is 29.2. The molecule has 0 saturated heterocycles. The maximum atomic E-state index is 13.3. The van der Waals surface area contributed by atoms with E-state index in [1.165, 1.54) is 84.9 Å². The third kappa shape index (κ3) is 6.84. The molecule has 266 valence electrons.